The monoisotopic (exact) mass is 208 g/mol. The second kappa shape index (κ2) is 5.40. The minimum absolute atomic E-state index is 0.0752. The Balaban J connectivity index is 0.000000364. The third-order valence-electron chi connectivity index (χ3n) is 1.48. The lowest BCUT2D eigenvalue weighted by Gasteiger charge is -2.14. The van der Waals surface area contributed by atoms with E-state index < -0.39 is 17.9 Å². The Labute approximate surface area is 79.5 Å². The van der Waals surface area contributed by atoms with E-state index in [0.717, 1.165) is 0 Å². The van der Waals surface area contributed by atoms with Crippen LogP contribution in [0.1, 0.15) is 19.3 Å². The lowest BCUT2D eigenvalue weighted by molar-refractivity contribution is -0.207. The number of hydrogen-bond acceptors (Lipinski definition) is 5. The van der Waals surface area contributed by atoms with Crippen molar-refractivity contribution in [3.8, 4) is 0 Å². The molecule has 1 fully saturated rings. The van der Waals surface area contributed by atoms with E-state index in [0.29, 0.717) is 19.4 Å². The van der Waals surface area contributed by atoms with Crippen molar-refractivity contribution < 1.29 is 34.8 Å². The standard InChI is InChI=1S/C6H10O4.CH2O3/c7-5-6(8,9)3-1-2-4-10-5;2-1(3)4/h8-9H,1-4H2;(H2,2,3,4). The second-order valence-electron chi connectivity index (χ2n) is 2.69. The summed E-state index contributed by atoms with van der Waals surface area (Å²) in [6.45, 7) is 0.293. The van der Waals surface area contributed by atoms with Crippen LogP contribution in [0.2, 0.25) is 0 Å². The number of cyclic esters (lactones) is 1. The summed E-state index contributed by atoms with van der Waals surface area (Å²) < 4.78 is 4.48. The molecule has 7 heteroatoms. The molecular weight excluding hydrogens is 196 g/mol. The van der Waals surface area contributed by atoms with Gasteiger partial charge in [0.1, 0.15) is 0 Å². The quantitative estimate of drug-likeness (QED) is 0.316. The van der Waals surface area contributed by atoms with Crippen molar-refractivity contribution in [2.75, 3.05) is 6.61 Å². The summed E-state index contributed by atoms with van der Waals surface area (Å²) in [4.78, 5) is 19.2. The van der Waals surface area contributed by atoms with E-state index in [1.54, 1.807) is 0 Å². The molecule has 0 bridgehead atoms. The molecule has 0 amide bonds. The first-order chi connectivity index (χ1) is 6.36. The number of carboxylic acid groups (broad SMARTS) is 2. The molecule has 1 aliphatic rings. The fourth-order valence-corrected chi connectivity index (χ4v) is 0.856. The zero-order valence-corrected chi connectivity index (χ0v) is 7.34. The van der Waals surface area contributed by atoms with Crippen molar-refractivity contribution in [2.45, 2.75) is 25.0 Å². The summed E-state index contributed by atoms with van der Waals surface area (Å²) in [6.07, 6.45) is -0.445. The molecule has 0 aromatic rings. The van der Waals surface area contributed by atoms with E-state index >= 15 is 0 Å². The van der Waals surface area contributed by atoms with Crippen molar-refractivity contribution in [1.82, 2.24) is 0 Å². The van der Waals surface area contributed by atoms with Crippen LogP contribution in [-0.4, -0.2) is 44.9 Å². The van der Waals surface area contributed by atoms with E-state index in [2.05, 4.69) is 4.74 Å². The van der Waals surface area contributed by atoms with Crippen LogP contribution in [0.5, 0.6) is 0 Å². The fraction of sp³-hybridized carbons (Fsp3) is 0.714. The van der Waals surface area contributed by atoms with Gasteiger partial charge in [-0.15, -0.1) is 0 Å². The van der Waals surface area contributed by atoms with Gasteiger partial charge in [0.2, 0.25) is 0 Å². The maximum Gasteiger partial charge on any atom is 0.503 e. The van der Waals surface area contributed by atoms with Gasteiger partial charge in [0.05, 0.1) is 6.61 Å². The number of ether oxygens (including phenoxy) is 1. The minimum atomic E-state index is -2.24. The Morgan fingerprint density at radius 2 is 1.79 bits per heavy atom. The van der Waals surface area contributed by atoms with Crippen LogP contribution in [-0.2, 0) is 9.53 Å². The number of carbonyl (C=O) groups excluding carboxylic acids is 1. The lowest BCUT2D eigenvalue weighted by atomic mass is 10.1. The molecule has 1 heterocycles. The van der Waals surface area contributed by atoms with Crippen LogP contribution in [0.3, 0.4) is 0 Å². The smallest absolute Gasteiger partial charge is 0.462 e. The molecule has 0 radical (unpaired) electrons. The average Bonchev–Trinajstić information content (AvgIpc) is 2.13. The summed E-state index contributed by atoms with van der Waals surface area (Å²) >= 11 is 0. The summed E-state index contributed by atoms with van der Waals surface area (Å²) in [6, 6.07) is 0. The number of aliphatic hydroxyl groups is 2. The van der Waals surface area contributed by atoms with Crippen molar-refractivity contribution in [2.24, 2.45) is 0 Å². The van der Waals surface area contributed by atoms with Crippen molar-refractivity contribution in [1.29, 1.82) is 0 Å². The maximum absolute atomic E-state index is 10.6. The molecule has 1 saturated heterocycles. The molecule has 0 unspecified atom stereocenters. The van der Waals surface area contributed by atoms with E-state index in [4.69, 9.17) is 25.2 Å². The van der Waals surface area contributed by atoms with Crippen molar-refractivity contribution in [3.63, 3.8) is 0 Å². The number of rotatable bonds is 0. The molecule has 0 aromatic carbocycles. The van der Waals surface area contributed by atoms with Crippen LogP contribution in [0.25, 0.3) is 0 Å². The zero-order chi connectivity index (χ0) is 11.2. The molecule has 0 saturated carbocycles. The van der Waals surface area contributed by atoms with Crippen LogP contribution in [0, 0.1) is 0 Å². The topological polar surface area (TPSA) is 124 Å². The number of hydrogen-bond donors (Lipinski definition) is 4. The van der Waals surface area contributed by atoms with Gasteiger partial charge in [-0.1, -0.05) is 0 Å². The molecule has 0 atom stereocenters. The van der Waals surface area contributed by atoms with Gasteiger partial charge in [-0.2, -0.15) is 0 Å². The highest BCUT2D eigenvalue weighted by atomic mass is 16.6. The van der Waals surface area contributed by atoms with Crippen LogP contribution in [0.15, 0.2) is 0 Å². The van der Waals surface area contributed by atoms with Gasteiger partial charge in [0.25, 0.3) is 5.79 Å². The molecule has 4 N–H and O–H groups in total. The average molecular weight is 208 g/mol. The highest BCUT2D eigenvalue weighted by Crippen LogP contribution is 2.16. The Morgan fingerprint density at radius 3 is 2.29 bits per heavy atom. The number of carbonyl (C=O) groups is 2. The summed E-state index contributed by atoms with van der Waals surface area (Å²) in [7, 11) is 0. The normalized spacial score (nSPS) is 19.7. The third kappa shape index (κ3) is 5.33. The predicted molar refractivity (Wildman–Crippen MR) is 42.6 cm³/mol. The molecule has 0 spiro atoms. The summed E-state index contributed by atoms with van der Waals surface area (Å²) in [5, 5.41) is 31.8. The summed E-state index contributed by atoms with van der Waals surface area (Å²) in [5.41, 5.74) is 0. The Kier molecular flexibility index (Phi) is 4.89. The van der Waals surface area contributed by atoms with Crippen LogP contribution < -0.4 is 0 Å². The zero-order valence-electron chi connectivity index (χ0n) is 7.34. The Hall–Kier alpha value is -1.34. The fourth-order valence-electron chi connectivity index (χ4n) is 0.856. The highest BCUT2D eigenvalue weighted by Gasteiger charge is 2.35. The summed E-state index contributed by atoms with van der Waals surface area (Å²) in [5.74, 6) is -3.17. The van der Waals surface area contributed by atoms with E-state index in [9.17, 15) is 4.79 Å². The molecule has 82 valence electrons. The first kappa shape index (κ1) is 12.7. The molecule has 0 aliphatic carbocycles. The molecule has 14 heavy (non-hydrogen) atoms. The Morgan fingerprint density at radius 1 is 1.29 bits per heavy atom. The second-order valence-corrected chi connectivity index (χ2v) is 2.69. The molecule has 1 rings (SSSR count). The van der Waals surface area contributed by atoms with Gasteiger partial charge in [0, 0.05) is 6.42 Å². The number of esters is 1. The molecule has 1 aliphatic heterocycles. The van der Waals surface area contributed by atoms with E-state index in [1.807, 2.05) is 0 Å². The van der Waals surface area contributed by atoms with Crippen LogP contribution in [0.4, 0.5) is 4.79 Å². The Bertz CT molecular complexity index is 206. The van der Waals surface area contributed by atoms with E-state index in [-0.39, 0.29) is 6.42 Å². The third-order valence-corrected chi connectivity index (χ3v) is 1.48. The SMILES string of the molecule is O=C(O)O.O=C1OCCCCC1(O)O. The molecule has 7 nitrogen and oxygen atoms in total. The first-order valence-corrected chi connectivity index (χ1v) is 3.90. The molecule has 0 aromatic heterocycles. The first-order valence-electron chi connectivity index (χ1n) is 3.90. The van der Waals surface area contributed by atoms with Gasteiger partial charge in [-0.05, 0) is 12.8 Å². The van der Waals surface area contributed by atoms with Crippen molar-refractivity contribution >= 4 is 12.1 Å². The van der Waals surface area contributed by atoms with Gasteiger partial charge >= 0.3 is 12.1 Å². The van der Waals surface area contributed by atoms with Crippen molar-refractivity contribution in [3.05, 3.63) is 0 Å². The van der Waals surface area contributed by atoms with Gasteiger partial charge < -0.3 is 25.2 Å². The van der Waals surface area contributed by atoms with Gasteiger partial charge in [-0.3, -0.25) is 0 Å². The molecular formula is C7H12O7. The maximum atomic E-state index is 10.6. The largest absolute Gasteiger partial charge is 0.503 e. The van der Waals surface area contributed by atoms with Gasteiger partial charge in [0.15, 0.2) is 0 Å². The van der Waals surface area contributed by atoms with E-state index in [1.165, 1.54) is 0 Å². The van der Waals surface area contributed by atoms with Crippen LogP contribution >= 0.6 is 0 Å². The minimum Gasteiger partial charge on any atom is -0.462 e. The van der Waals surface area contributed by atoms with Gasteiger partial charge in [-0.25, -0.2) is 9.59 Å². The predicted octanol–water partition coefficient (Wildman–Crippen LogP) is -0.383. The lowest BCUT2D eigenvalue weighted by Crippen LogP contribution is -2.38. The highest BCUT2D eigenvalue weighted by molar-refractivity contribution is 5.77.